The highest BCUT2D eigenvalue weighted by Crippen LogP contribution is 2.30. The number of rotatable bonds is 6. The number of esters is 1. The van der Waals surface area contributed by atoms with E-state index in [2.05, 4.69) is 4.74 Å². The van der Waals surface area contributed by atoms with Gasteiger partial charge in [0, 0.05) is 10.0 Å². The van der Waals surface area contributed by atoms with E-state index >= 15 is 0 Å². The second-order valence-electron chi connectivity index (χ2n) is 4.89. The summed E-state index contributed by atoms with van der Waals surface area (Å²) in [6, 6.07) is 10.0. The number of ether oxygens (including phenoxy) is 2. The summed E-state index contributed by atoms with van der Waals surface area (Å²) in [6.07, 6.45) is 0. The average Bonchev–Trinajstić information content (AvgIpc) is 2.58. The van der Waals surface area contributed by atoms with Gasteiger partial charge in [0.1, 0.15) is 12.3 Å². The van der Waals surface area contributed by atoms with E-state index in [1.807, 2.05) is 0 Å². The molecule has 0 spiro atoms. The molecule has 0 aliphatic heterocycles. The maximum absolute atomic E-state index is 13.0. The molecular formula is C16H15Cl2NO5S. The largest absolute Gasteiger partial charge is 0.497 e. The third-order valence-electron chi connectivity index (χ3n) is 3.28. The van der Waals surface area contributed by atoms with Crippen LogP contribution in [0.5, 0.6) is 5.75 Å². The molecule has 0 saturated heterocycles. The Morgan fingerprint density at radius 1 is 1.04 bits per heavy atom. The lowest BCUT2D eigenvalue weighted by atomic mass is 10.3. The topological polar surface area (TPSA) is 72.9 Å². The molecule has 9 heteroatoms. The van der Waals surface area contributed by atoms with Crippen LogP contribution in [0.25, 0.3) is 0 Å². The molecule has 25 heavy (non-hydrogen) atoms. The normalized spacial score (nSPS) is 11.0. The summed E-state index contributed by atoms with van der Waals surface area (Å²) in [5.74, 6) is -0.225. The van der Waals surface area contributed by atoms with Crippen LogP contribution < -0.4 is 9.04 Å². The van der Waals surface area contributed by atoms with Gasteiger partial charge in [-0.1, -0.05) is 23.2 Å². The number of carbonyl (C=O) groups excluding carboxylic acids is 1. The van der Waals surface area contributed by atoms with Crippen molar-refractivity contribution in [1.29, 1.82) is 0 Å². The van der Waals surface area contributed by atoms with Gasteiger partial charge in [-0.25, -0.2) is 8.42 Å². The van der Waals surface area contributed by atoms with Crippen LogP contribution in [-0.2, 0) is 19.6 Å². The zero-order valence-corrected chi connectivity index (χ0v) is 15.7. The highest BCUT2D eigenvalue weighted by Gasteiger charge is 2.28. The fourth-order valence-electron chi connectivity index (χ4n) is 2.06. The molecule has 0 N–H and O–H groups in total. The maximum atomic E-state index is 13.0. The molecule has 0 saturated carbocycles. The number of halogens is 2. The zero-order valence-electron chi connectivity index (χ0n) is 13.4. The molecule has 0 radical (unpaired) electrons. The van der Waals surface area contributed by atoms with E-state index in [9.17, 15) is 13.2 Å². The van der Waals surface area contributed by atoms with Gasteiger partial charge in [0.05, 0.1) is 24.8 Å². The van der Waals surface area contributed by atoms with Crippen molar-refractivity contribution in [2.45, 2.75) is 4.90 Å². The highest BCUT2D eigenvalue weighted by atomic mass is 35.5. The molecular weight excluding hydrogens is 389 g/mol. The first kappa shape index (κ1) is 19.4. The molecule has 2 aromatic carbocycles. The molecule has 2 rings (SSSR count). The number of carbonyl (C=O) groups is 1. The van der Waals surface area contributed by atoms with Gasteiger partial charge in [-0.05, 0) is 42.5 Å². The Balaban J connectivity index is 2.54. The summed E-state index contributed by atoms with van der Waals surface area (Å²) < 4.78 is 36.5. The minimum absolute atomic E-state index is 0.0201. The maximum Gasteiger partial charge on any atom is 0.326 e. The van der Waals surface area contributed by atoms with Gasteiger partial charge < -0.3 is 9.47 Å². The van der Waals surface area contributed by atoms with Crippen molar-refractivity contribution in [2.24, 2.45) is 0 Å². The van der Waals surface area contributed by atoms with E-state index in [4.69, 9.17) is 27.9 Å². The standard InChI is InChI=1S/C16H15Cl2NO5S/c1-23-14-3-5-15(6-4-14)25(21,22)19(10-16(20)24-2)13-8-11(17)7-12(18)9-13/h3-9H,10H2,1-2H3. The lowest BCUT2D eigenvalue weighted by Crippen LogP contribution is -2.36. The second-order valence-corrected chi connectivity index (χ2v) is 7.63. The molecule has 2 aromatic rings. The molecule has 0 atom stereocenters. The fourth-order valence-corrected chi connectivity index (χ4v) is 3.96. The molecule has 0 aromatic heterocycles. The van der Waals surface area contributed by atoms with Gasteiger partial charge in [0.25, 0.3) is 10.0 Å². The summed E-state index contributed by atoms with van der Waals surface area (Å²) in [4.78, 5) is 11.7. The third kappa shape index (κ3) is 4.56. The van der Waals surface area contributed by atoms with Gasteiger partial charge in [-0.2, -0.15) is 0 Å². The van der Waals surface area contributed by atoms with Crippen molar-refractivity contribution in [1.82, 2.24) is 0 Å². The van der Waals surface area contributed by atoms with Crippen LogP contribution in [0.4, 0.5) is 5.69 Å². The minimum atomic E-state index is -4.06. The van der Waals surface area contributed by atoms with Crippen LogP contribution in [0.1, 0.15) is 0 Å². The van der Waals surface area contributed by atoms with Crippen LogP contribution in [0.15, 0.2) is 47.4 Å². The number of hydrogen-bond acceptors (Lipinski definition) is 5. The molecule has 0 aliphatic rings. The average molecular weight is 404 g/mol. The van der Waals surface area contributed by atoms with E-state index < -0.39 is 22.5 Å². The van der Waals surface area contributed by atoms with Gasteiger partial charge in [-0.3, -0.25) is 9.10 Å². The van der Waals surface area contributed by atoms with Crippen LogP contribution in [0.3, 0.4) is 0 Å². The third-order valence-corrected chi connectivity index (χ3v) is 5.51. The lowest BCUT2D eigenvalue weighted by Gasteiger charge is -2.24. The van der Waals surface area contributed by atoms with Crippen LogP contribution in [0, 0.1) is 0 Å². The number of nitrogens with zero attached hydrogens (tertiary/aromatic N) is 1. The number of benzene rings is 2. The Hall–Kier alpha value is -1.96. The van der Waals surface area contributed by atoms with Gasteiger partial charge in [0.15, 0.2) is 0 Å². The Bertz CT molecular complexity index is 848. The Morgan fingerprint density at radius 3 is 2.08 bits per heavy atom. The van der Waals surface area contributed by atoms with Crippen molar-refractivity contribution in [3.8, 4) is 5.75 Å². The van der Waals surface area contributed by atoms with Crippen molar-refractivity contribution >= 4 is 44.9 Å². The molecule has 0 amide bonds. The lowest BCUT2D eigenvalue weighted by molar-refractivity contribution is -0.138. The molecule has 0 aliphatic carbocycles. The molecule has 6 nitrogen and oxygen atoms in total. The molecule has 0 fully saturated rings. The van der Waals surface area contributed by atoms with Crippen molar-refractivity contribution in [3.63, 3.8) is 0 Å². The summed E-state index contributed by atoms with van der Waals surface area (Å²) in [5.41, 5.74) is 0.152. The predicted octanol–water partition coefficient (Wildman–Crippen LogP) is 3.37. The molecule has 0 bridgehead atoms. The summed E-state index contributed by atoms with van der Waals surface area (Å²) in [7, 11) is -1.41. The first-order valence-corrected chi connectivity index (χ1v) is 9.17. The van der Waals surface area contributed by atoms with E-state index in [1.165, 1.54) is 56.7 Å². The number of anilines is 1. The SMILES string of the molecule is COC(=O)CN(c1cc(Cl)cc(Cl)c1)S(=O)(=O)c1ccc(OC)cc1. The van der Waals surface area contributed by atoms with Gasteiger partial charge in [-0.15, -0.1) is 0 Å². The number of sulfonamides is 1. The van der Waals surface area contributed by atoms with Crippen molar-refractivity contribution in [3.05, 3.63) is 52.5 Å². The van der Waals surface area contributed by atoms with Crippen LogP contribution in [0.2, 0.25) is 10.0 Å². The first-order chi connectivity index (χ1) is 11.8. The van der Waals surface area contributed by atoms with Crippen LogP contribution in [-0.4, -0.2) is 35.2 Å². The summed E-state index contributed by atoms with van der Waals surface area (Å²) in [6.45, 7) is -0.526. The first-order valence-electron chi connectivity index (χ1n) is 6.97. The zero-order chi connectivity index (χ0) is 18.6. The quantitative estimate of drug-likeness (QED) is 0.691. The van der Waals surface area contributed by atoms with E-state index in [0.29, 0.717) is 5.75 Å². The summed E-state index contributed by atoms with van der Waals surface area (Å²) in [5, 5.41) is 0.476. The molecule has 134 valence electrons. The fraction of sp³-hybridized carbons (Fsp3) is 0.188. The van der Waals surface area contributed by atoms with Gasteiger partial charge in [0.2, 0.25) is 0 Å². The minimum Gasteiger partial charge on any atom is -0.497 e. The van der Waals surface area contributed by atoms with E-state index in [0.717, 1.165) is 4.31 Å². The second kappa shape index (κ2) is 7.95. The smallest absolute Gasteiger partial charge is 0.326 e. The van der Waals surface area contributed by atoms with Crippen LogP contribution >= 0.6 is 23.2 Å². The Labute approximate surface area is 155 Å². The number of hydrogen-bond donors (Lipinski definition) is 0. The van der Waals surface area contributed by atoms with Gasteiger partial charge >= 0.3 is 5.97 Å². The number of methoxy groups -OCH3 is 2. The molecule has 0 unspecified atom stereocenters. The van der Waals surface area contributed by atoms with Crippen molar-refractivity contribution < 1.29 is 22.7 Å². The Morgan fingerprint density at radius 2 is 1.60 bits per heavy atom. The molecule has 0 heterocycles. The van der Waals surface area contributed by atoms with E-state index in [1.54, 1.807) is 0 Å². The summed E-state index contributed by atoms with van der Waals surface area (Å²) >= 11 is 11.9. The predicted molar refractivity (Wildman–Crippen MR) is 96.0 cm³/mol. The van der Waals surface area contributed by atoms with Crippen molar-refractivity contribution in [2.75, 3.05) is 25.1 Å². The highest BCUT2D eigenvalue weighted by molar-refractivity contribution is 7.92. The van der Waals surface area contributed by atoms with E-state index in [-0.39, 0.29) is 20.6 Å². The monoisotopic (exact) mass is 403 g/mol. The Kier molecular flexibility index (Phi) is 6.16.